The van der Waals surface area contributed by atoms with Crippen molar-refractivity contribution in [1.82, 2.24) is 5.32 Å². The van der Waals surface area contributed by atoms with Gasteiger partial charge in [0.2, 0.25) is 0 Å². The summed E-state index contributed by atoms with van der Waals surface area (Å²) in [5, 5.41) is 13.4. The third-order valence-corrected chi connectivity index (χ3v) is 2.97. The Labute approximate surface area is 113 Å². The largest absolute Gasteiger partial charge is 0.496 e. The van der Waals surface area contributed by atoms with Crippen LogP contribution in [0.15, 0.2) is 18.2 Å². The van der Waals surface area contributed by atoms with Gasteiger partial charge in [-0.2, -0.15) is 0 Å². The Morgan fingerprint density at radius 1 is 1.39 bits per heavy atom. The van der Waals surface area contributed by atoms with Gasteiger partial charge in [-0.3, -0.25) is 0 Å². The van der Waals surface area contributed by atoms with Crippen LogP contribution in [-0.4, -0.2) is 38.6 Å². The summed E-state index contributed by atoms with van der Waals surface area (Å²) in [6.45, 7) is 1.67. The summed E-state index contributed by atoms with van der Waals surface area (Å²) in [5.74, 6) is 0.771. The number of methoxy groups -OCH3 is 2. The summed E-state index contributed by atoms with van der Waals surface area (Å²) in [5.41, 5.74) is 0.933. The van der Waals surface area contributed by atoms with E-state index in [9.17, 15) is 5.11 Å². The van der Waals surface area contributed by atoms with Gasteiger partial charge in [-0.15, -0.1) is 0 Å². The van der Waals surface area contributed by atoms with E-state index >= 15 is 0 Å². The molecular formula is C13H20ClNO3. The Bertz CT molecular complexity index is 360. The van der Waals surface area contributed by atoms with Gasteiger partial charge in [-0.1, -0.05) is 17.7 Å². The molecule has 0 saturated carbocycles. The summed E-state index contributed by atoms with van der Waals surface area (Å²) >= 11 is 6.11. The third-order valence-electron chi connectivity index (χ3n) is 2.61. The average molecular weight is 274 g/mol. The Morgan fingerprint density at radius 3 is 2.83 bits per heavy atom. The summed E-state index contributed by atoms with van der Waals surface area (Å²) in [6, 6.07) is 5.57. The van der Waals surface area contributed by atoms with Crippen LogP contribution in [0.4, 0.5) is 0 Å². The molecule has 18 heavy (non-hydrogen) atoms. The van der Waals surface area contributed by atoms with Gasteiger partial charge in [-0.25, -0.2) is 0 Å². The molecule has 1 aromatic rings. The maximum absolute atomic E-state index is 9.49. The number of aliphatic hydroxyl groups is 1. The quantitative estimate of drug-likeness (QED) is 0.710. The fraction of sp³-hybridized carbons (Fsp3) is 0.538. The van der Waals surface area contributed by atoms with Crippen LogP contribution in [0.3, 0.4) is 0 Å². The number of benzene rings is 1. The zero-order chi connectivity index (χ0) is 13.4. The molecule has 0 bridgehead atoms. The third kappa shape index (κ3) is 4.82. The first kappa shape index (κ1) is 15.2. The number of ether oxygens (including phenoxy) is 2. The van der Waals surface area contributed by atoms with Gasteiger partial charge >= 0.3 is 0 Å². The smallest absolute Gasteiger partial charge is 0.124 e. The lowest BCUT2D eigenvalue weighted by molar-refractivity contribution is 0.0594. The molecule has 0 spiro atoms. The van der Waals surface area contributed by atoms with E-state index in [1.807, 2.05) is 18.2 Å². The molecule has 0 amide bonds. The molecule has 0 heterocycles. The van der Waals surface area contributed by atoms with Crippen molar-refractivity contribution in [2.24, 2.45) is 0 Å². The van der Waals surface area contributed by atoms with Gasteiger partial charge in [0.05, 0.1) is 19.8 Å². The van der Waals surface area contributed by atoms with Crippen LogP contribution in [0.1, 0.15) is 12.0 Å². The highest BCUT2D eigenvalue weighted by Gasteiger charge is 2.07. The monoisotopic (exact) mass is 273 g/mol. The molecule has 0 saturated heterocycles. The van der Waals surface area contributed by atoms with Gasteiger partial charge in [0.1, 0.15) is 5.75 Å². The van der Waals surface area contributed by atoms with E-state index in [0.717, 1.165) is 11.3 Å². The maximum Gasteiger partial charge on any atom is 0.124 e. The van der Waals surface area contributed by atoms with Gasteiger partial charge in [0, 0.05) is 24.2 Å². The second kappa shape index (κ2) is 8.32. The van der Waals surface area contributed by atoms with E-state index in [-0.39, 0.29) is 0 Å². The molecule has 0 aromatic heterocycles. The fourth-order valence-electron chi connectivity index (χ4n) is 1.66. The molecule has 0 radical (unpaired) electrons. The first-order valence-electron chi connectivity index (χ1n) is 5.88. The van der Waals surface area contributed by atoms with Crippen molar-refractivity contribution in [2.75, 3.05) is 27.4 Å². The molecule has 102 valence electrons. The van der Waals surface area contributed by atoms with Gasteiger partial charge in [-0.05, 0) is 25.1 Å². The number of hydrogen-bond donors (Lipinski definition) is 2. The molecular weight excluding hydrogens is 254 g/mol. The number of nitrogens with one attached hydrogen (secondary N) is 1. The summed E-state index contributed by atoms with van der Waals surface area (Å²) in [4.78, 5) is 0. The topological polar surface area (TPSA) is 50.7 Å². The second-order valence-electron chi connectivity index (χ2n) is 4.00. The maximum atomic E-state index is 9.49. The van der Waals surface area contributed by atoms with Crippen LogP contribution < -0.4 is 10.1 Å². The van der Waals surface area contributed by atoms with Gasteiger partial charge in [0.25, 0.3) is 0 Å². The molecule has 5 heteroatoms. The van der Waals surface area contributed by atoms with Crippen LogP contribution >= 0.6 is 11.6 Å². The molecule has 1 atom stereocenters. The minimum absolute atomic E-state index is 0.358. The number of aliphatic hydroxyl groups excluding tert-OH is 1. The second-order valence-corrected chi connectivity index (χ2v) is 4.40. The SMILES string of the molecule is COCC(O)CCNCc1c(Cl)cccc1OC. The highest BCUT2D eigenvalue weighted by molar-refractivity contribution is 6.31. The Kier molecular flexibility index (Phi) is 7.05. The van der Waals surface area contributed by atoms with Crippen LogP contribution in [0.2, 0.25) is 5.02 Å². The summed E-state index contributed by atoms with van der Waals surface area (Å²) in [6.07, 6.45) is 0.205. The van der Waals surface area contributed by atoms with Crippen molar-refractivity contribution in [3.63, 3.8) is 0 Å². The Morgan fingerprint density at radius 2 is 2.17 bits per heavy atom. The predicted octanol–water partition coefficient (Wildman–Crippen LogP) is 1.84. The number of halogens is 1. The van der Waals surface area contributed by atoms with Gasteiger partial charge < -0.3 is 19.9 Å². The van der Waals surface area contributed by atoms with Crippen molar-refractivity contribution in [2.45, 2.75) is 19.1 Å². The van der Waals surface area contributed by atoms with Gasteiger partial charge in [0.15, 0.2) is 0 Å². The zero-order valence-electron chi connectivity index (χ0n) is 10.8. The van der Waals surface area contributed by atoms with Crippen molar-refractivity contribution in [3.05, 3.63) is 28.8 Å². The fourth-order valence-corrected chi connectivity index (χ4v) is 1.89. The summed E-state index contributed by atoms with van der Waals surface area (Å²) < 4.78 is 10.1. The minimum Gasteiger partial charge on any atom is -0.496 e. The number of hydrogen-bond acceptors (Lipinski definition) is 4. The van der Waals surface area contributed by atoms with E-state index in [4.69, 9.17) is 21.1 Å². The molecule has 0 aliphatic heterocycles. The lowest BCUT2D eigenvalue weighted by atomic mass is 10.2. The highest BCUT2D eigenvalue weighted by atomic mass is 35.5. The van der Waals surface area contributed by atoms with E-state index in [2.05, 4.69) is 5.32 Å². The van der Waals surface area contributed by atoms with E-state index in [1.54, 1.807) is 14.2 Å². The molecule has 4 nitrogen and oxygen atoms in total. The zero-order valence-corrected chi connectivity index (χ0v) is 11.5. The lowest BCUT2D eigenvalue weighted by Crippen LogP contribution is -2.23. The molecule has 0 aliphatic rings. The lowest BCUT2D eigenvalue weighted by Gasteiger charge is -2.13. The molecule has 1 rings (SSSR count). The van der Waals surface area contributed by atoms with Crippen LogP contribution in [0, 0.1) is 0 Å². The average Bonchev–Trinajstić information content (AvgIpc) is 2.36. The normalized spacial score (nSPS) is 12.4. The molecule has 0 aliphatic carbocycles. The predicted molar refractivity (Wildman–Crippen MR) is 72.2 cm³/mol. The Hall–Kier alpha value is -0.810. The molecule has 1 unspecified atom stereocenters. The number of rotatable bonds is 8. The highest BCUT2D eigenvalue weighted by Crippen LogP contribution is 2.25. The molecule has 2 N–H and O–H groups in total. The standard InChI is InChI=1S/C13H20ClNO3/c1-17-9-10(16)6-7-15-8-11-12(14)4-3-5-13(11)18-2/h3-5,10,15-16H,6-9H2,1-2H3. The van der Waals surface area contributed by atoms with Crippen molar-refractivity contribution >= 4 is 11.6 Å². The van der Waals surface area contributed by atoms with Crippen LogP contribution in [0.25, 0.3) is 0 Å². The summed E-state index contributed by atoms with van der Waals surface area (Å²) in [7, 11) is 3.20. The van der Waals surface area contributed by atoms with Crippen LogP contribution in [-0.2, 0) is 11.3 Å². The molecule has 0 fully saturated rings. The van der Waals surface area contributed by atoms with E-state index in [0.29, 0.717) is 31.1 Å². The minimum atomic E-state index is -0.435. The Balaban J connectivity index is 2.39. The molecule has 1 aromatic carbocycles. The van der Waals surface area contributed by atoms with Crippen molar-refractivity contribution in [1.29, 1.82) is 0 Å². The first-order chi connectivity index (χ1) is 8.69. The van der Waals surface area contributed by atoms with Crippen molar-refractivity contribution < 1.29 is 14.6 Å². The first-order valence-corrected chi connectivity index (χ1v) is 6.26. The van der Waals surface area contributed by atoms with Crippen LogP contribution in [0.5, 0.6) is 5.75 Å². The van der Waals surface area contributed by atoms with E-state index in [1.165, 1.54) is 0 Å². The van der Waals surface area contributed by atoms with Crippen molar-refractivity contribution in [3.8, 4) is 5.75 Å². The van der Waals surface area contributed by atoms with E-state index < -0.39 is 6.10 Å².